The summed E-state index contributed by atoms with van der Waals surface area (Å²) in [4.78, 5) is 12.8. The van der Waals surface area contributed by atoms with Crippen LogP contribution in [0.2, 0.25) is 0 Å². The van der Waals surface area contributed by atoms with Gasteiger partial charge in [-0.15, -0.1) is 0 Å². The molecule has 0 aliphatic heterocycles. The van der Waals surface area contributed by atoms with E-state index < -0.39 is 17.5 Å². The normalized spacial score (nSPS) is 11.7. The molecule has 0 aliphatic rings. The van der Waals surface area contributed by atoms with Crippen molar-refractivity contribution in [1.82, 2.24) is 14.3 Å². The first-order valence-corrected chi connectivity index (χ1v) is 10.1. The van der Waals surface area contributed by atoms with Crippen molar-refractivity contribution in [2.75, 3.05) is 7.11 Å². The zero-order valence-corrected chi connectivity index (χ0v) is 18.6. The molecule has 0 spiro atoms. The molecule has 0 amide bonds. The number of methoxy groups -OCH3 is 1. The predicted octanol–water partition coefficient (Wildman–Crippen LogP) is 5.15. The second kappa shape index (κ2) is 7.68. The van der Waals surface area contributed by atoms with Gasteiger partial charge >= 0.3 is 6.09 Å². The van der Waals surface area contributed by atoms with Crippen LogP contribution < -0.4 is 4.74 Å². The number of hydrogen-bond acceptors (Lipinski definition) is 5. The number of ether oxygens (including phenoxy) is 2. The maximum Gasteiger partial charge on any atom is 0.419 e. The van der Waals surface area contributed by atoms with E-state index >= 15 is 0 Å². The molecule has 0 atom stereocenters. The first kappa shape index (κ1) is 21.4. The van der Waals surface area contributed by atoms with Crippen LogP contribution in [0, 0.1) is 24.1 Å². The van der Waals surface area contributed by atoms with Gasteiger partial charge in [-0.2, -0.15) is 10.4 Å². The van der Waals surface area contributed by atoms with Crippen molar-refractivity contribution in [2.24, 2.45) is 0 Å². The molecular weight excluding hydrogens is 411 g/mol. The van der Waals surface area contributed by atoms with Crippen molar-refractivity contribution < 1.29 is 18.7 Å². The second-order valence-corrected chi connectivity index (χ2v) is 8.61. The van der Waals surface area contributed by atoms with E-state index in [1.807, 2.05) is 45.9 Å². The van der Waals surface area contributed by atoms with E-state index in [-0.39, 0.29) is 17.6 Å². The van der Waals surface area contributed by atoms with Gasteiger partial charge < -0.3 is 9.47 Å². The number of nitriles is 1. The van der Waals surface area contributed by atoms with Gasteiger partial charge in [0, 0.05) is 28.7 Å². The number of nitrogens with zero attached hydrogens (tertiary/aromatic N) is 4. The molecule has 0 saturated heterocycles. The molecule has 0 unspecified atom stereocenters. The van der Waals surface area contributed by atoms with E-state index in [2.05, 4.69) is 5.10 Å². The zero-order valence-electron chi connectivity index (χ0n) is 18.6. The average molecular weight is 434 g/mol. The van der Waals surface area contributed by atoms with Crippen molar-refractivity contribution in [3.05, 3.63) is 59.2 Å². The summed E-state index contributed by atoms with van der Waals surface area (Å²) in [5.74, 6) is -0.00414. The Kier molecular flexibility index (Phi) is 5.13. The van der Waals surface area contributed by atoms with Crippen molar-refractivity contribution in [3.8, 4) is 11.8 Å². The molecule has 2 aromatic carbocycles. The van der Waals surface area contributed by atoms with Gasteiger partial charge in [-0.05, 0) is 57.5 Å². The summed E-state index contributed by atoms with van der Waals surface area (Å²) in [5.41, 5.74) is 1.82. The highest BCUT2D eigenvalue weighted by Gasteiger charge is 2.22. The largest absolute Gasteiger partial charge is 0.496 e. The molecule has 0 saturated carbocycles. The fourth-order valence-electron chi connectivity index (χ4n) is 3.80. The third-order valence-corrected chi connectivity index (χ3v) is 5.14. The summed E-state index contributed by atoms with van der Waals surface area (Å²) in [7, 11) is 1.58. The molecule has 0 bridgehead atoms. The molecule has 0 aliphatic carbocycles. The first-order valence-electron chi connectivity index (χ1n) is 10.1. The molecule has 7 nitrogen and oxygen atoms in total. The van der Waals surface area contributed by atoms with Crippen LogP contribution in [0.3, 0.4) is 0 Å². The molecule has 4 aromatic rings. The van der Waals surface area contributed by atoms with Crippen molar-refractivity contribution in [1.29, 1.82) is 5.26 Å². The lowest BCUT2D eigenvalue weighted by Crippen LogP contribution is -2.26. The fourth-order valence-corrected chi connectivity index (χ4v) is 3.80. The fraction of sp³-hybridized carbons (Fsp3) is 0.292. The summed E-state index contributed by atoms with van der Waals surface area (Å²) < 4.78 is 28.8. The number of aromatic nitrogens is 3. The number of halogens is 1. The van der Waals surface area contributed by atoms with E-state index in [0.717, 1.165) is 16.5 Å². The lowest BCUT2D eigenvalue weighted by Gasteiger charge is -2.20. The number of carbonyl (C=O) groups excluding carboxylic acids is 1. The summed E-state index contributed by atoms with van der Waals surface area (Å²) in [6.45, 7) is 7.64. The SMILES string of the molecule is COc1cc(C)c2c(ccn2C(=O)OC(C)(C)C)c1Cn1cc2ccc(C#N)c(F)c2n1. The smallest absolute Gasteiger partial charge is 0.419 e. The Morgan fingerprint density at radius 2 is 2.03 bits per heavy atom. The maximum atomic E-state index is 14.5. The Morgan fingerprint density at radius 3 is 2.69 bits per heavy atom. The van der Waals surface area contributed by atoms with Gasteiger partial charge in [0.05, 0.1) is 24.7 Å². The van der Waals surface area contributed by atoms with Gasteiger partial charge in [-0.1, -0.05) is 0 Å². The lowest BCUT2D eigenvalue weighted by molar-refractivity contribution is 0.0544. The van der Waals surface area contributed by atoms with Gasteiger partial charge in [0.25, 0.3) is 0 Å². The standard InChI is InChI=1S/C24H23FN4O3/c1-14-10-19(31-5)18(17-8-9-29(22(14)17)23(30)32-24(2,3)4)13-28-12-16-7-6-15(11-26)20(25)21(16)27-28/h6-10,12H,13H2,1-5H3. The quantitative estimate of drug-likeness (QED) is 0.445. The Morgan fingerprint density at radius 1 is 1.28 bits per heavy atom. The van der Waals surface area contributed by atoms with Crippen LogP contribution in [-0.4, -0.2) is 33.2 Å². The Balaban J connectivity index is 1.83. The minimum Gasteiger partial charge on any atom is -0.496 e. The Bertz CT molecular complexity index is 1400. The molecule has 164 valence electrons. The topological polar surface area (TPSA) is 82.1 Å². The van der Waals surface area contributed by atoms with E-state index in [4.69, 9.17) is 14.7 Å². The summed E-state index contributed by atoms with van der Waals surface area (Å²) in [5, 5.41) is 14.8. The van der Waals surface area contributed by atoms with Gasteiger partial charge in [-0.25, -0.2) is 9.18 Å². The van der Waals surface area contributed by atoms with Gasteiger partial charge in [0.2, 0.25) is 0 Å². The second-order valence-electron chi connectivity index (χ2n) is 8.61. The summed E-state index contributed by atoms with van der Waals surface area (Å²) in [6.07, 6.45) is 2.92. The van der Waals surface area contributed by atoms with E-state index in [1.54, 1.807) is 30.3 Å². The summed E-state index contributed by atoms with van der Waals surface area (Å²) in [6, 6.07) is 8.63. The van der Waals surface area contributed by atoms with Gasteiger partial charge in [0.15, 0.2) is 5.82 Å². The summed E-state index contributed by atoms with van der Waals surface area (Å²) >= 11 is 0. The molecule has 8 heteroatoms. The number of benzene rings is 2. The highest BCUT2D eigenvalue weighted by atomic mass is 19.1. The maximum absolute atomic E-state index is 14.5. The third kappa shape index (κ3) is 3.66. The zero-order chi connectivity index (χ0) is 23.2. The molecule has 0 radical (unpaired) electrons. The van der Waals surface area contributed by atoms with E-state index in [0.29, 0.717) is 16.7 Å². The number of rotatable bonds is 3. The number of carbonyl (C=O) groups is 1. The highest BCUT2D eigenvalue weighted by Crippen LogP contribution is 2.33. The Labute approximate surface area is 184 Å². The van der Waals surface area contributed by atoms with Crippen LogP contribution in [0.25, 0.3) is 21.8 Å². The molecule has 0 fully saturated rings. The number of aryl methyl sites for hydroxylation is 1. The molecule has 32 heavy (non-hydrogen) atoms. The number of hydrogen-bond donors (Lipinski definition) is 0. The van der Waals surface area contributed by atoms with Gasteiger partial charge in [0.1, 0.15) is 22.9 Å². The van der Waals surface area contributed by atoms with Crippen LogP contribution in [0.4, 0.5) is 9.18 Å². The van der Waals surface area contributed by atoms with Crippen molar-refractivity contribution in [3.63, 3.8) is 0 Å². The molecule has 4 rings (SSSR count). The predicted molar refractivity (Wildman–Crippen MR) is 118 cm³/mol. The monoisotopic (exact) mass is 434 g/mol. The van der Waals surface area contributed by atoms with E-state index in [1.165, 1.54) is 10.6 Å². The molecule has 0 N–H and O–H groups in total. The first-order chi connectivity index (χ1) is 15.1. The van der Waals surface area contributed by atoms with Crippen LogP contribution in [0.5, 0.6) is 5.75 Å². The Hall–Kier alpha value is -3.86. The van der Waals surface area contributed by atoms with Crippen molar-refractivity contribution >= 4 is 27.9 Å². The molecule has 2 aromatic heterocycles. The van der Waals surface area contributed by atoms with Crippen LogP contribution in [0.15, 0.2) is 36.7 Å². The van der Waals surface area contributed by atoms with Crippen LogP contribution in [-0.2, 0) is 11.3 Å². The number of fused-ring (bicyclic) bond motifs is 2. The highest BCUT2D eigenvalue weighted by molar-refractivity contribution is 5.95. The average Bonchev–Trinajstić information content (AvgIpc) is 3.34. The van der Waals surface area contributed by atoms with Gasteiger partial charge in [-0.3, -0.25) is 9.25 Å². The third-order valence-electron chi connectivity index (χ3n) is 5.14. The minimum atomic E-state index is -0.638. The van der Waals surface area contributed by atoms with Crippen LogP contribution in [0.1, 0.15) is 37.5 Å². The van der Waals surface area contributed by atoms with E-state index in [9.17, 15) is 9.18 Å². The molecule has 2 heterocycles. The van der Waals surface area contributed by atoms with Crippen LogP contribution >= 0.6 is 0 Å². The minimum absolute atomic E-state index is 0.0486. The van der Waals surface area contributed by atoms with Crippen molar-refractivity contribution in [2.45, 2.75) is 39.8 Å². The molecular formula is C24H23FN4O3. The lowest BCUT2D eigenvalue weighted by atomic mass is 10.0.